The van der Waals surface area contributed by atoms with Crippen LogP contribution in [0.3, 0.4) is 0 Å². The highest BCUT2D eigenvalue weighted by Crippen LogP contribution is 2.41. The van der Waals surface area contributed by atoms with Crippen molar-refractivity contribution in [3.63, 3.8) is 0 Å². The number of hydrogen-bond acceptors (Lipinski definition) is 9. The molecule has 0 saturated carbocycles. The summed E-state index contributed by atoms with van der Waals surface area (Å²) in [5.74, 6) is -1.75. The second-order valence-corrected chi connectivity index (χ2v) is 9.72. The number of carbonyl (C=O) groups excluding carboxylic acids is 2. The minimum atomic E-state index is -1.29. The SMILES string of the molecule is Cn1c([N+](=O)[O-])cnc1-c1nc(C2=C(C(=O)O)N3C(=O)[C@@H](NC(=O)OC(C)(C)C)[C@H]3CC2)cs1. The third-order valence-electron chi connectivity index (χ3n) is 5.47. The summed E-state index contributed by atoms with van der Waals surface area (Å²) in [4.78, 5) is 57.2. The van der Waals surface area contributed by atoms with Gasteiger partial charge in [-0.1, -0.05) is 0 Å². The molecule has 0 spiro atoms. The fourth-order valence-electron chi connectivity index (χ4n) is 4.03. The molecule has 0 aromatic carbocycles. The molecule has 2 N–H and O–H groups in total. The van der Waals surface area contributed by atoms with Crippen molar-refractivity contribution in [1.82, 2.24) is 24.8 Å². The maximum Gasteiger partial charge on any atom is 0.408 e. The summed E-state index contributed by atoms with van der Waals surface area (Å²) < 4.78 is 6.49. The molecule has 1 saturated heterocycles. The first-order valence-corrected chi connectivity index (χ1v) is 11.2. The van der Waals surface area contributed by atoms with Gasteiger partial charge in [-0.15, -0.1) is 11.3 Å². The molecule has 0 bridgehead atoms. The summed E-state index contributed by atoms with van der Waals surface area (Å²) in [5.41, 5.74) is -0.193. The molecular formula is C20H22N6O7S. The maximum atomic E-state index is 12.8. The predicted molar refractivity (Wildman–Crippen MR) is 119 cm³/mol. The molecule has 180 valence electrons. The molecule has 2 aliphatic rings. The molecule has 2 aromatic rings. The number of aromatic nitrogens is 3. The molecule has 14 heteroatoms. The van der Waals surface area contributed by atoms with Crippen LogP contribution in [0.15, 0.2) is 17.3 Å². The first-order valence-electron chi connectivity index (χ1n) is 10.3. The number of alkyl carbamates (subject to hydrolysis) is 1. The van der Waals surface area contributed by atoms with Crippen molar-refractivity contribution in [1.29, 1.82) is 0 Å². The average Bonchev–Trinajstić information content (AvgIpc) is 3.36. The molecule has 0 radical (unpaired) electrons. The predicted octanol–water partition coefficient (Wildman–Crippen LogP) is 2.15. The smallest absolute Gasteiger partial charge is 0.408 e. The number of allylic oxidation sites excluding steroid dienone is 1. The lowest BCUT2D eigenvalue weighted by Gasteiger charge is -2.50. The summed E-state index contributed by atoms with van der Waals surface area (Å²) >= 11 is 1.16. The van der Waals surface area contributed by atoms with E-state index in [0.717, 1.165) is 17.5 Å². The number of rotatable bonds is 5. The van der Waals surface area contributed by atoms with E-state index in [-0.39, 0.29) is 17.3 Å². The summed E-state index contributed by atoms with van der Waals surface area (Å²) in [6.07, 6.45) is 1.11. The minimum Gasteiger partial charge on any atom is -0.477 e. The number of β-lactam (4-membered cyclic amide) rings is 1. The summed E-state index contributed by atoms with van der Waals surface area (Å²) in [7, 11) is 1.49. The second kappa shape index (κ2) is 8.20. The average molecular weight is 490 g/mol. The first kappa shape index (κ1) is 23.4. The second-order valence-electron chi connectivity index (χ2n) is 8.86. The highest BCUT2D eigenvalue weighted by atomic mass is 32.1. The molecule has 0 aliphatic carbocycles. The van der Waals surface area contributed by atoms with E-state index in [1.807, 2.05) is 0 Å². The number of hydrogen-bond donors (Lipinski definition) is 2. The number of amides is 2. The largest absolute Gasteiger partial charge is 0.477 e. The molecular weight excluding hydrogens is 468 g/mol. The number of carboxylic acid groups (broad SMARTS) is 1. The molecule has 2 atom stereocenters. The number of ether oxygens (including phenoxy) is 1. The maximum absolute atomic E-state index is 12.8. The van der Waals surface area contributed by atoms with Gasteiger partial charge in [0.25, 0.3) is 11.7 Å². The van der Waals surface area contributed by atoms with Crippen LogP contribution in [0, 0.1) is 10.1 Å². The number of nitrogens with zero attached hydrogens (tertiary/aromatic N) is 5. The quantitative estimate of drug-likeness (QED) is 0.362. The van der Waals surface area contributed by atoms with Gasteiger partial charge in [0.15, 0.2) is 5.01 Å². The Bertz CT molecular complexity index is 1240. The number of carboxylic acids is 1. The molecule has 2 amide bonds. The van der Waals surface area contributed by atoms with Crippen LogP contribution in [0.4, 0.5) is 10.6 Å². The molecule has 13 nitrogen and oxygen atoms in total. The Hall–Kier alpha value is -3.81. The van der Waals surface area contributed by atoms with Crippen LogP contribution in [0.5, 0.6) is 0 Å². The molecule has 2 aliphatic heterocycles. The lowest BCUT2D eigenvalue weighted by molar-refractivity contribution is -0.391. The fraction of sp³-hybridized carbons (Fsp3) is 0.450. The monoisotopic (exact) mass is 490 g/mol. The fourth-order valence-corrected chi connectivity index (χ4v) is 4.89. The Morgan fingerprint density at radius 2 is 2.09 bits per heavy atom. The van der Waals surface area contributed by atoms with Crippen molar-refractivity contribution >= 4 is 40.7 Å². The normalized spacial score (nSPS) is 20.0. The Labute approximate surface area is 197 Å². The van der Waals surface area contributed by atoms with Gasteiger partial charge in [0.05, 0.1) is 18.8 Å². The van der Waals surface area contributed by atoms with Crippen LogP contribution in [0.2, 0.25) is 0 Å². The van der Waals surface area contributed by atoms with Crippen molar-refractivity contribution in [2.75, 3.05) is 0 Å². The molecule has 34 heavy (non-hydrogen) atoms. The zero-order valence-electron chi connectivity index (χ0n) is 18.8. The van der Waals surface area contributed by atoms with Gasteiger partial charge in [-0.3, -0.25) is 9.69 Å². The summed E-state index contributed by atoms with van der Waals surface area (Å²) in [6, 6.07) is -1.38. The zero-order valence-corrected chi connectivity index (χ0v) is 19.6. The van der Waals surface area contributed by atoms with Crippen molar-refractivity contribution in [2.45, 2.75) is 51.3 Å². The molecule has 0 unspecified atom stereocenters. The number of thiazole rings is 1. The van der Waals surface area contributed by atoms with Gasteiger partial charge in [0.2, 0.25) is 0 Å². The third kappa shape index (κ3) is 4.00. The van der Waals surface area contributed by atoms with E-state index in [1.165, 1.54) is 16.5 Å². The number of nitrogens with one attached hydrogen (secondary N) is 1. The van der Waals surface area contributed by atoms with E-state index in [0.29, 0.717) is 29.1 Å². The molecule has 2 aromatic heterocycles. The van der Waals surface area contributed by atoms with Crippen LogP contribution < -0.4 is 5.32 Å². The Morgan fingerprint density at radius 3 is 2.68 bits per heavy atom. The van der Waals surface area contributed by atoms with Crippen LogP contribution in [-0.2, 0) is 21.4 Å². The van der Waals surface area contributed by atoms with E-state index in [4.69, 9.17) is 4.74 Å². The van der Waals surface area contributed by atoms with Crippen LogP contribution in [-0.4, -0.2) is 65.1 Å². The van der Waals surface area contributed by atoms with Gasteiger partial charge < -0.3 is 25.3 Å². The number of imidazole rings is 1. The van der Waals surface area contributed by atoms with Gasteiger partial charge in [-0.05, 0) is 38.5 Å². The summed E-state index contributed by atoms with van der Waals surface area (Å²) in [5, 5.41) is 25.5. The Balaban J connectivity index is 1.60. The number of aliphatic carboxylic acids is 1. The Morgan fingerprint density at radius 1 is 1.38 bits per heavy atom. The highest BCUT2D eigenvalue weighted by molar-refractivity contribution is 7.13. The number of fused-ring (bicyclic) bond motifs is 1. The molecule has 4 heterocycles. The topological polar surface area (TPSA) is 170 Å². The van der Waals surface area contributed by atoms with Crippen molar-refractivity contribution in [3.8, 4) is 10.8 Å². The van der Waals surface area contributed by atoms with E-state index in [1.54, 1.807) is 26.2 Å². The molecule has 4 rings (SSSR count). The minimum absolute atomic E-state index is 0.189. The lowest BCUT2D eigenvalue weighted by Crippen LogP contribution is -2.71. The van der Waals surface area contributed by atoms with Gasteiger partial charge in [-0.2, -0.15) is 0 Å². The van der Waals surface area contributed by atoms with Gasteiger partial charge >= 0.3 is 17.9 Å². The number of carbonyl (C=O) groups is 3. The van der Waals surface area contributed by atoms with Crippen molar-refractivity contribution in [3.05, 3.63) is 33.1 Å². The first-order chi connectivity index (χ1) is 15.9. The van der Waals surface area contributed by atoms with E-state index in [2.05, 4.69) is 15.3 Å². The van der Waals surface area contributed by atoms with Crippen molar-refractivity contribution in [2.24, 2.45) is 7.05 Å². The molecule has 1 fully saturated rings. The third-order valence-corrected chi connectivity index (χ3v) is 6.31. The standard InChI is InChI=1S/C20H22N6O7S/c1-20(2,3)33-19(30)23-13-11-6-5-9(14(18(28)29)25(11)17(13)27)10-8-34-16(22-10)15-21-7-12(24(15)4)26(31)32/h7-8,11,13H,5-6H2,1-4H3,(H,23,30)(H,28,29)/t11-,13+/m1/s1. The van der Waals surface area contributed by atoms with Crippen LogP contribution >= 0.6 is 11.3 Å². The Kier molecular flexibility index (Phi) is 5.63. The van der Waals surface area contributed by atoms with E-state index < -0.39 is 40.6 Å². The summed E-state index contributed by atoms with van der Waals surface area (Å²) in [6.45, 7) is 5.10. The van der Waals surface area contributed by atoms with Crippen molar-refractivity contribution < 1.29 is 29.2 Å². The number of nitro groups is 1. The van der Waals surface area contributed by atoms with Crippen LogP contribution in [0.25, 0.3) is 16.4 Å². The lowest BCUT2D eigenvalue weighted by atomic mass is 9.83. The zero-order chi connectivity index (χ0) is 24.9. The van der Waals surface area contributed by atoms with E-state index in [9.17, 15) is 29.6 Å². The van der Waals surface area contributed by atoms with E-state index >= 15 is 0 Å². The van der Waals surface area contributed by atoms with Gasteiger partial charge in [0, 0.05) is 11.0 Å². The van der Waals surface area contributed by atoms with Gasteiger partial charge in [-0.25, -0.2) is 24.1 Å². The van der Waals surface area contributed by atoms with Gasteiger partial charge in [0.1, 0.15) is 23.5 Å². The highest BCUT2D eigenvalue weighted by Gasteiger charge is 2.54. The van der Waals surface area contributed by atoms with Crippen LogP contribution in [0.1, 0.15) is 39.3 Å².